The van der Waals surface area contributed by atoms with Gasteiger partial charge in [-0.1, -0.05) is 36.4 Å². The van der Waals surface area contributed by atoms with Gasteiger partial charge in [0.25, 0.3) is 0 Å². The van der Waals surface area contributed by atoms with Gasteiger partial charge in [0.05, 0.1) is 12.4 Å². The molecule has 1 N–H and O–H groups in total. The van der Waals surface area contributed by atoms with Gasteiger partial charge in [-0.05, 0) is 12.0 Å². The van der Waals surface area contributed by atoms with Crippen molar-refractivity contribution in [2.45, 2.75) is 13.0 Å². The summed E-state index contributed by atoms with van der Waals surface area (Å²) in [5, 5.41) is 8.98. The van der Waals surface area contributed by atoms with E-state index in [4.69, 9.17) is 5.11 Å². The smallest absolute Gasteiger partial charge is 0.214 e. The predicted molar refractivity (Wildman–Crippen MR) is 72.5 cm³/mol. The zero-order chi connectivity index (χ0) is 13.4. The molecule has 1 aromatic rings. The maximum Gasteiger partial charge on any atom is 0.214 e. The Bertz CT molecular complexity index is 456. The van der Waals surface area contributed by atoms with Crippen LogP contribution in [0, 0.1) is 0 Å². The van der Waals surface area contributed by atoms with Crippen LogP contribution in [0.1, 0.15) is 12.0 Å². The van der Waals surface area contributed by atoms with E-state index in [1.165, 1.54) is 4.31 Å². The highest BCUT2D eigenvalue weighted by atomic mass is 32.2. The first-order chi connectivity index (χ1) is 8.60. The summed E-state index contributed by atoms with van der Waals surface area (Å²) in [5.74, 6) is 0.0311. The fourth-order valence-electron chi connectivity index (χ4n) is 1.58. The Balaban J connectivity index is 2.79. The molecule has 0 aliphatic heterocycles. The van der Waals surface area contributed by atoms with Crippen LogP contribution in [0.3, 0.4) is 0 Å². The largest absolute Gasteiger partial charge is 0.395 e. The molecule has 0 heterocycles. The van der Waals surface area contributed by atoms with Gasteiger partial charge in [0.15, 0.2) is 0 Å². The van der Waals surface area contributed by atoms with Crippen LogP contribution in [-0.4, -0.2) is 36.7 Å². The molecule has 0 aromatic heterocycles. The van der Waals surface area contributed by atoms with E-state index in [1.807, 2.05) is 30.3 Å². The van der Waals surface area contributed by atoms with Crippen LogP contribution >= 0.6 is 0 Å². The average molecular weight is 269 g/mol. The van der Waals surface area contributed by atoms with Gasteiger partial charge in [0, 0.05) is 13.1 Å². The number of aliphatic hydroxyl groups is 1. The Hall–Kier alpha value is -1.17. The lowest BCUT2D eigenvalue weighted by Crippen LogP contribution is -2.34. The van der Waals surface area contributed by atoms with Crippen molar-refractivity contribution in [1.29, 1.82) is 0 Å². The van der Waals surface area contributed by atoms with Gasteiger partial charge in [-0.25, -0.2) is 8.42 Å². The van der Waals surface area contributed by atoms with E-state index in [-0.39, 0.29) is 18.9 Å². The van der Waals surface area contributed by atoms with Crippen molar-refractivity contribution < 1.29 is 13.5 Å². The van der Waals surface area contributed by atoms with E-state index in [9.17, 15) is 8.42 Å². The number of hydrogen-bond acceptors (Lipinski definition) is 3. The molecule has 0 atom stereocenters. The normalized spacial score (nSPS) is 11.7. The van der Waals surface area contributed by atoms with E-state index < -0.39 is 10.0 Å². The molecule has 100 valence electrons. The molecule has 0 spiro atoms. The molecule has 5 heteroatoms. The minimum Gasteiger partial charge on any atom is -0.395 e. The molecule has 0 aliphatic rings. The Morgan fingerprint density at radius 3 is 2.50 bits per heavy atom. The summed E-state index contributed by atoms with van der Waals surface area (Å²) in [7, 11) is -3.34. The zero-order valence-electron chi connectivity index (χ0n) is 10.3. The van der Waals surface area contributed by atoms with Gasteiger partial charge >= 0.3 is 0 Å². The summed E-state index contributed by atoms with van der Waals surface area (Å²) in [6.07, 6.45) is 2.00. The third-order valence-corrected chi connectivity index (χ3v) is 4.37. The number of aliphatic hydroxyl groups excluding tert-OH is 1. The number of sulfonamides is 1. The van der Waals surface area contributed by atoms with Crippen molar-refractivity contribution in [3.8, 4) is 0 Å². The van der Waals surface area contributed by atoms with Gasteiger partial charge in [0.2, 0.25) is 10.0 Å². The van der Waals surface area contributed by atoms with Gasteiger partial charge in [0.1, 0.15) is 0 Å². The summed E-state index contributed by atoms with van der Waals surface area (Å²) in [5.41, 5.74) is 0.910. The SMILES string of the molecule is C=CCCS(=O)(=O)N(CCO)Cc1ccccc1. The zero-order valence-corrected chi connectivity index (χ0v) is 11.1. The maximum atomic E-state index is 12.1. The average Bonchev–Trinajstić information content (AvgIpc) is 2.37. The van der Waals surface area contributed by atoms with Crippen LogP contribution in [0.5, 0.6) is 0 Å². The first-order valence-corrected chi connectivity index (χ1v) is 7.44. The molecular weight excluding hydrogens is 250 g/mol. The number of allylic oxidation sites excluding steroid dienone is 1. The van der Waals surface area contributed by atoms with Crippen LogP contribution in [0.4, 0.5) is 0 Å². The predicted octanol–water partition coefficient (Wildman–Crippen LogP) is 1.39. The molecule has 1 aromatic carbocycles. The number of benzene rings is 1. The minimum atomic E-state index is -3.34. The highest BCUT2D eigenvalue weighted by molar-refractivity contribution is 7.89. The molecule has 0 aliphatic carbocycles. The van der Waals surface area contributed by atoms with Crippen molar-refractivity contribution >= 4 is 10.0 Å². The lowest BCUT2D eigenvalue weighted by molar-refractivity contribution is 0.251. The van der Waals surface area contributed by atoms with Gasteiger partial charge in [-0.15, -0.1) is 6.58 Å². The van der Waals surface area contributed by atoms with E-state index in [0.717, 1.165) is 5.56 Å². The lowest BCUT2D eigenvalue weighted by Gasteiger charge is -2.21. The van der Waals surface area contributed by atoms with Crippen molar-refractivity contribution in [3.63, 3.8) is 0 Å². The summed E-state index contributed by atoms with van der Waals surface area (Å²) in [4.78, 5) is 0. The quantitative estimate of drug-likeness (QED) is 0.726. The lowest BCUT2D eigenvalue weighted by atomic mass is 10.2. The second kappa shape index (κ2) is 7.31. The van der Waals surface area contributed by atoms with Gasteiger partial charge in [-0.3, -0.25) is 0 Å². The van der Waals surface area contributed by atoms with E-state index in [1.54, 1.807) is 6.08 Å². The van der Waals surface area contributed by atoms with E-state index in [2.05, 4.69) is 6.58 Å². The standard InChI is InChI=1S/C13H19NO3S/c1-2-3-11-18(16,17)14(9-10-15)12-13-7-5-4-6-8-13/h2,4-8,15H,1,3,9-12H2. The highest BCUT2D eigenvalue weighted by Gasteiger charge is 2.20. The number of hydrogen-bond donors (Lipinski definition) is 1. The van der Waals surface area contributed by atoms with Crippen LogP contribution in [0.15, 0.2) is 43.0 Å². The molecule has 0 bridgehead atoms. The van der Waals surface area contributed by atoms with Crippen molar-refractivity contribution in [3.05, 3.63) is 48.6 Å². The summed E-state index contributed by atoms with van der Waals surface area (Å²) < 4.78 is 25.4. The minimum absolute atomic E-state index is 0.0311. The molecule has 18 heavy (non-hydrogen) atoms. The third kappa shape index (κ3) is 4.60. The number of rotatable bonds is 8. The molecule has 0 amide bonds. The molecule has 0 saturated carbocycles. The van der Waals surface area contributed by atoms with Crippen molar-refractivity contribution in [2.24, 2.45) is 0 Å². The molecule has 0 radical (unpaired) electrons. The number of nitrogens with zero attached hydrogens (tertiary/aromatic N) is 1. The Morgan fingerprint density at radius 1 is 1.28 bits per heavy atom. The van der Waals surface area contributed by atoms with Crippen LogP contribution < -0.4 is 0 Å². The Kier molecular flexibility index (Phi) is 6.04. The first kappa shape index (κ1) is 14.9. The molecule has 0 saturated heterocycles. The Labute approximate surface area is 109 Å². The monoisotopic (exact) mass is 269 g/mol. The molecule has 0 unspecified atom stereocenters. The fourth-order valence-corrected chi connectivity index (χ4v) is 3.00. The van der Waals surface area contributed by atoms with Crippen molar-refractivity contribution in [2.75, 3.05) is 18.9 Å². The second-order valence-corrected chi connectivity index (χ2v) is 6.02. The summed E-state index contributed by atoms with van der Waals surface area (Å²) in [6, 6.07) is 9.35. The van der Waals surface area contributed by atoms with Crippen LogP contribution in [0.25, 0.3) is 0 Å². The van der Waals surface area contributed by atoms with Crippen molar-refractivity contribution in [1.82, 2.24) is 4.31 Å². The summed E-state index contributed by atoms with van der Waals surface area (Å²) >= 11 is 0. The molecule has 0 fully saturated rings. The van der Waals surface area contributed by atoms with E-state index >= 15 is 0 Å². The fraction of sp³-hybridized carbons (Fsp3) is 0.385. The molecular formula is C13H19NO3S. The van der Waals surface area contributed by atoms with Gasteiger partial charge in [-0.2, -0.15) is 4.31 Å². The van der Waals surface area contributed by atoms with E-state index in [0.29, 0.717) is 13.0 Å². The Morgan fingerprint density at radius 2 is 1.94 bits per heavy atom. The van der Waals surface area contributed by atoms with Crippen LogP contribution in [0.2, 0.25) is 0 Å². The highest BCUT2D eigenvalue weighted by Crippen LogP contribution is 2.10. The second-order valence-electron chi connectivity index (χ2n) is 3.94. The third-order valence-electron chi connectivity index (χ3n) is 2.52. The maximum absolute atomic E-state index is 12.1. The first-order valence-electron chi connectivity index (χ1n) is 5.83. The molecule has 4 nitrogen and oxygen atoms in total. The van der Waals surface area contributed by atoms with Crippen LogP contribution in [-0.2, 0) is 16.6 Å². The summed E-state index contributed by atoms with van der Waals surface area (Å²) in [6.45, 7) is 3.75. The molecule has 1 rings (SSSR count). The topological polar surface area (TPSA) is 57.6 Å². The van der Waals surface area contributed by atoms with Gasteiger partial charge < -0.3 is 5.11 Å².